The van der Waals surface area contributed by atoms with Gasteiger partial charge in [0.25, 0.3) is 11.8 Å². The zero-order chi connectivity index (χ0) is 26.3. The maximum absolute atomic E-state index is 13.1. The Bertz CT molecular complexity index is 1160. The minimum Gasteiger partial charge on any atom is -0.476 e. The smallest absolute Gasteiger partial charge is 0.263 e. The number of likely N-dealkylation sites (tertiary alicyclic amines) is 1. The van der Waals surface area contributed by atoms with Gasteiger partial charge in [-0.1, -0.05) is 23.2 Å². The molecule has 10 heteroatoms. The van der Waals surface area contributed by atoms with Crippen molar-refractivity contribution in [2.24, 2.45) is 0 Å². The summed E-state index contributed by atoms with van der Waals surface area (Å²) in [5.74, 6) is 0.987. The fourth-order valence-electron chi connectivity index (χ4n) is 5.68. The van der Waals surface area contributed by atoms with E-state index in [4.69, 9.17) is 27.9 Å². The number of aliphatic hydroxyl groups is 1. The van der Waals surface area contributed by atoms with Crippen LogP contribution in [0.5, 0.6) is 5.75 Å². The molecule has 5 rings (SSSR count). The Morgan fingerprint density at radius 1 is 1.11 bits per heavy atom. The van der Waals surface area contributed by atoms with Crippen molar-refractivity contribution in [1.29, 1.82) is 0 Å². The average molecular weight is 547 g/mol. The van der Waals surface area contributed by atoms with Crippen LogP contribution in [0.3, 0.4) is 0 Å². The average Bonchev–Trinajstić information content (AvgIpc) is 3.41. The van der Waals surface area contributed by atoms with Gasteiger partial charge in [0.2, 0.25) is 0 Å². The Kier molecular flexibility index (Phi) is 7.27. The van der Waals surface area contributed by atoms with Crippen molar-refractivity contribution in [3.63, 3.8) is 0 Å². The topological polar surface area (TPSA) is 95.0 Å². The Balaban J connectivity index is 1.20. The molecule has 0 aliphatic carbocycles. The Labute approximate surface area is 226 Å². The van der Waals surface area contributed by atoms with Crippen molar-refractivity contribution < 1.29 is 19.4 Å². The molecule has 37 heavy (non-hydrogen) atoms. The second kappa shape index (κ2) is 10.3. The third-order valence-electron chi connectivity index (χ3n) is 7.58. The number of pyridine rings is 1. The number of benzene rings is 1. The van der Waals surface area contributed by atoms with Gasteiger partial charge in [-0.05, 0) is 76.3 Å². The molecule has 3 fully saturated rings. The van der Waals surface area contributed by atoms with Gasteiger partial charge in [-0.2, -0.15) is 0 Å². The SMILES string of the molecule is CC(C)(Oc1ccc(Cl)cc1Cl)C(=O)NC1CC2CCC(C1)N2c1ccc(C(=O)N2CC[C@@H](O)C2)cn1. The van der Waals surface area contributed by atoms with Crippen molar-refractivity contribution in [3.8, 4) is 5.75 Å². The Morgan fingerprint density at radius 3 is 2.43 bits per heavy atom. The van der Waals surface area contributed by atoms with Gasteiger partial charge in [0.15, 0.2) is 5.60 Å². The molecule has 3 aliphatic heterocycles. The monoisotopic (exact) mass is 546 g/mol. The molecule has 1 aromatic carbocycles. The highest BCUT2D eigenvalue weighted by molar-refractivity contribution is 6.35. The summed E-state index contributed by atoms with van der Waals surface area (Å²) in [6, 6.07) is 9.24. The van der Waals surface area contributed by atoms with Gasteiger partial charge >= 0.3 is 0 Å². The highest BCUT2D eigenvalue weighted by atomic mass is 35.5. The molecule has 2 aromatic rings. The van der Waals surface area contributed by atoms with Crippen LogP contribution in [0.2, 0.25) is 10.0 Å². The molecule has 3 atom stereocenters. The lowest BCUT2D eigenvalue weighted by Crippen LogP contribution is -2.55. The molecule has 0 spiro atoms. The second-order valence-electron chi connectivity index (χ2n) is 10.7. The fraction of sp³-hybridized carbons (Fsp3) is 0.519. The number of β-amino-alcohol motifs (C(OH)–C–C–N with tert-alkyl or cyclic N) is 1. The van der Waals surface area contributed by atoms with Crippen LogP contribution < -0.4 is 15.0 Å². The van der Waals surface area contributed by atoms with Crippen LogP contribution in [0.25, 0.3) is 0 Å². The summed E-state index contributed by atoms with van der Waals surface area (Å²) >= 11 is 12.2. The van der Waals surface area contributed by atoms with Crippen molar-refractivity contribution in [1.82, 2.24) is 15.2 Å². The number of hydrogen-bond donors (Lipinski definition) is 2. The molecule has 1 aromatic heterocycles. The van der Waals surface area contributed by atoms with E-state index in [2.05, 4.69) is 15.2 Å². The van der Waals surface area contributed by atoms with E-state index in [0.717, 1.165) is 31.5 Å². The van der Waals surface area contributed by atoms with Crippen LogP contribution in [-0.2, 0) is 4.79 Å². The zero-order valence-electron chi connectivity index (χ0n) is 21.0. The number of piperidine rings is 1. The second-order valence-corrected chi connectivity index (χ2v) is 11.6. The maximum Gasteiger partial charge on any atom is 0.263 e. The molecule has 3 saturated heterocycles. The molecule has 2 N–H and O–H groups in total. The molecular formula is C27H32Cl2N4O4. The summed E-state index contributed by atoms with van der Waals surface area (Å²) in [5.41, 5.74) is -0.571. The van der Waals surface area contributed by atoms with E-state index in [1.807, 2.05) is 12.1 Å². The molecule has 0 radical (unpaired) electrons. The zero-order valence-corrected chi connectivity index (χ0v) is 22.5. The van der Waals surface area contributed by atoms with Gasteiger partial charge in [0.1, 0.15) is 11.6 Å². The van der Waals surface area contributed by atoms with Crippen LogP contribution in [-0.4, -0.2) is 69.7 Å². The molecular weight excluding hydrogens is 515 g/mol. The number of hydrogen-bond acceptors (Lipinski definition) is 6. The lowest BCUT2D eigenvalue weighted by atomic mass is 9.96. The predicted octanol–water partition coefficient (Wildman–Crippen LogP) is 4.07. The third-order valence-corrected chi connectivity index (χ3v) is 8.11. The molecule has 2 amide bonds. The fourth-order valence-corrected chi connectivity index (χ4v) is 6.13. The predicted molar refractivity (Wildman–Crippen MR) is 142 cm³/mol. The van der Waals surface area contributed by atoms with Gasteiger partial charge in [-0.25, -0.2) is 4.98 Å². The molecule has 198 valence electrons. The highest BCUT2D eigenvalue weighted by Crippen LogP contribution is 2.39. The van der Waals surface area contributed by atoms with E-state index in [1.165, 1.54) is 0 Å². The summed E-state index contributed by atoms with van der Waals surface area (Å²) in [4.78, 5) is 34.5. The summed E-state index contributed by atoms with van der Waals surface area (Å²) in [6.45, 7) is 4.40. The van der Waals surface area contributed by atoms with E-state index in [-0.39, 0.29) is 29.9 Å². The van der Waals surface area contributed by atoms with Crippen LogP contribution in [0, 0.1) is 0 Å². The molecule has 0 saturated carbocycles. The first-order valence-corrected chi connectivity index (χ1v) is 13.5. The molecule has 2 bridgehead atoms. The van der Waals surface area contributed by atoms with Crippen LogP contribution >= 0.6 is 23.2 Å². The van der Waals surface area contributed by atoms with Crippen LogP contribution in [0.1, 0.15) is 56.3 Å². The maximum atomic E-state index is 13.1. The number of aromatic nitrogens is 1. The summed E-state index contributed by atoms with van der Waals surface area (Å²) in [5, 5.41) is 13.8. The Hall–Kier alpha value is -2.55. The van der Waals surface area contributed by atoms with Gasteiger partial charge < -0.3 is 25.0 Å². The largest absolute Gasteiger partial charge is 0.476 e. The number of aliphatic hydroxyl groups excluding tert-OH is 1. The number of ether oxygens (including phenoxy) is 1. The number of amides is 2. The van der Waals surface area contributed by atoms with E-state index in [1.54, 1.807) is 43.1 Å². The summed E-state index contributed by atoms with van der Waals surface area (Å²) in [7, 11) is 0. The third kappa shape index (κ3) is 5.52. The van der Waals surface area contributed by atoms with Gasteiger partial charge in [-0.3, -0.25) is 9.59 Å². The number of fused-ring (bicyclic) bond motifs is 2. The first kappa shape index (κ1) is 26.1. The number of anilines is 1. The molecule has 3 aliphatic rings. The summed E-state index contributed by atoms with van der Waals surface area (Å²) in [6.07, 6.45) is 5.50. The molecule has 8 nitrogen and oxygen atoms in total. The number of carbonyl (C=O) groups excluding carboxylic acids is 2. The van der Waals surface area contributed by atoms with Crippen molar-refractivity contribution >= 4 is 40.8 Å². The van der Waals surface area contributed by atoms with E-state index >= 15 is 0 Å². The quantitative estimate of drug-likeness (QED) is 0.567. The lowest BCUT2D eigenvalue weighted by Gasteiger charge is -2.41. The highest BCUT2D eigenvalue weighted by Gasteiger charge is 2.43. The summed E-state index contributed by atoms with van der Waals surface area (Å²) < 4.78 is 5.96. The van der Waals surface area contributed by atoms with Gasteiger partial charge in [-0.15, -0.1) is 0 Å². The molecule has 4 heterocycles. The van der Waals surface area contributed by atoms with E-state index in [0.29, 0.717) is 40.9 Å². The number of nitrogens with one attached hydrogen (secondary N) is 1. The minimum atomic E-state index is -1.11. The number of carbonyl (C=O) groups is 2. The Morgan fingerprint density at radius 2 is 1.84 bits per heavy atom. The van der Waals surface area contributed by atoms with E-state index in [9.17, 15) is 14.7 Å². The number of rotatable bonds is 6. The van der Waals surface area contributed by atoms with Gasteiger partial charge in [0, 0.05) is 42.4 Å². The van der Waals surface area contributed by atoms with Crippen molar-refractivity contribution in [2.75, 3.05) is 18.0 Å². The van der Waals surface area contributed by atoms with Crippen LogP contribution in [0.4, 0.5) is 5.82 Å². The minimum absolute atomic E-state index is 0.0345. The van der Waals surface area contributed by atoms with Crippen LogP contribution in [0.15, 0.2) is 36.5 Å². The lowest BCUT2D eigenvalue weighted by molar-refractivity contribution is -0.135. The van der Waals surface area contributed by atoms with Crippen molar-refractivity contribution in [3.05, 3.63) is 52.1 Å². The van der Waals surface area contributed by atoms with Gasteiger partial charge in [0.05, 0.1) is 16.7 Å². The molecule has 2 unspecified atom stereocenters. The van der Waals surface area contributed by atoms with Crippen molar-refractivity contribution in [2.45, 2.75) is 75.8 Å². The first-order valence-electron chi connectivity index (χ1n) is 12.8. The number of nitrogens with zero attached hydrogens (tertiary/aromatic N) is 3. The standard InChI is InChI=1S/C27H32Cl2N4O4/c1-27(2,37-23-7-4-17(28)11-22(23)29)26(36)31-18-12-19-5-6-20(13-18)33(19)24-8-3-16(14-30-24)25(35)32-10-9-21(34)15-32/h3-4,7-8,11,14,18-21,34H,5-6,9-10,12-13,15H2,1-2H3,(H,31,36)/t18?,19?,20?,21-/m1/s1. The first-order chi connectivity index (χ1) is 17.6. The van der Waals surface area contributed by atoms with E-state index < -0.39 is 11.7 Å². The number of halogens is 2. The normalized spacial score (nSPS) is 25.3.